The van der Waals surface area contributed by atoms with Gasteiger partial charge in [-0.05, 0) is 24.3 Å². The lowest BCUT2D eigenvalue weighted by atomic mass is 10.1. The first-order chi connectivity index (χ1) is 11.3. The summed E-state index contributed by atoms with van der Waals surface area (Å²) in [6, 6.07) is 8.35. The molecule has 0 aliphatic rings. The number of rotatable bonds is 5. The number of hydrogen-bond acceptors (Lipinski definition) is 6. The van der Waals surface area contributed by atoms with Crippen molar-refractivity contribution in [3.8, 4) is 0 Å². The first-order valence-corrected chi connectivity index (χ1v) is 6.43. The average molecular weight is 330 g/mol. The maximum Gasteiger partial charge on any atom is 0.289 e. The van der Waals surface area contributed by atoms with Crippen molar-refractivity contribution in [3.63, 3.8) is 0 Å². The van der Waals surface area contributed by atoms with Crippen LogP contribution in [-0.4, -0.2) is 21.7 Å². The molecule has 2 aromatic carbocycles. The Hall–Kier alpha value is -3.82. The predicted molar refractivity (Wildman–Crippen MR) is 82.7 cm³/mol. The van der Waals surface area contributed by atoms with Crippen LogP contribution in [0.15, 0.2) is 42.5 Å². The number of nitrogens with zero attached hydrogens (tertiary/aromatic N) is 2. The van der Waals surface area contributed by atoms with E-state index in [1.54, 1.807) is 0 Å². The molecule has 0 fully saturated rings. The van der Waals surface area contributed by atoms with Crippen molar-refractivity contribution < 1.29 is 19.4 Å². The Morgan fingerprint density at radius 2 is 1.71 bits per heavy atom. The molecule has 3 N–H and O–H groups in total. The summed E-state index contributed by atoms with van der Waals surface area (Å²) in [5.74, 6) is -1.55. The highest BCUT2D eigenvalue weighted by atomic mass is 16.6. The lowest BCUT2D eigenvalue weighted by molar-refractivity contribution is -0.394. The zero-order valence-corrected chi connectivity index (χ0v) is 12.0. The van der Waals surface area contributed by atoms with Crippen LogP contribution in [0.3, 0.4) is 0 Å². The number of amides is 2. The van der Waals surface area contributed by atoms with Gasteiger partial charge < -0.3 is 11.1 Å². The van der Waals surface area contributed by atoms with E-state index in [1.165, 1.54) is 24.3 Å². The molecule has 122 valence electrons. The van der Waals surface area contributed by atoms with Crippen molar-refractivity contribution in [2.24, 2.45) is 5.73 Å². The number of nitrogens with one attached hydrogen (secondary N) is 1. The second-order valence-electron chi connectivity index (χ2n) is 4.61. The van der Waals surface area contributed by atoms with Crippen LogP contribution in [0.5, 0.6) is 0 Å². The second-order valence-corrected chi connectivity index (χ2v) is 4.61. The quantitative estimate of drug-likeness (QED) is 0.628. The van der Waals surface area contributed by atoms with E-state index >= 15 is 0 Å². The second kappa shape index (κ2) is 6.52. The molecule has 2 amide bonds. The molecule has 0 saturated heterocycles. The Kier molecular flexibility index (Phi) is 4.50. The molecule has 2 rings (SSSR count). The number of primary amides is 1. The van der Waals surface area contributed by atoms with E-state index in [9.17, 15) is 29.8 Å². The minimum atomic E-state index is -0.887. The molecule has 0 spiro atoms. The fraction of sp³-hybridized carbons (Fsp3) is 0. The maximum atomic E-state index is 12.2. The van der Waals surface area contributed by atoms with E-state index in [2.05, 4.69) is 5.32 Å². The van der Waals surface area contributed by atoms with Crippen LogP contribution < -0.4 is 11.1 Å². The van der Waals surface area contributed by atoms with Gasteiger partial charge in [0.15, 0.2) is 0 Å². The Morgan fingerprint density at radius 1 is 1.00 bits per heavy atom. The first-order valence-electron chi connectivity index (χ1n) is 6.43. The first kappa shape index (κ1) is 16.5. The number of nitrogens with two attached hydrogens (primary N) is 1. The molecule has 24 heavy (non-hydrogen) atoms. The van der Waals surface area contributed by atoms with E-state index in [0.29, 0.717) is 6.07 Å². The van der Waals surface area contributed by atoms with E-state index < -0.39 is 33.0 Å². The van der Waals surface area contributed by atoms with Crippen LogP contribution >= 0.6 is 0 Å². The number of carbonyl (C=O) groups is 2. The molecule has 0 aromatic heterocycles. The highest BCUT2D eigenvalue weighted by Crippen LogP contribution is 2.25. The van der Waals surface area contributed by atoms with Gasteiger partial charge in [0.2, 0.25) is 5.91 Å². The van der Waals surface area contributed by atoms with Gasteiger partial charge in [0.05, 0.1) is 15.9 Å². The van der Waals surface area contributed by atoms with Gasteiger partial charge in [0.1, 0.15) is 5.56 Å². The van der Waals surface area contributed by atoms with Gasteiger partial charge in [0.25, 0.3) is 17.3 Å². The minimum Gasteiger partial charge on any atom is -0.366 e. The van der Waals surface area contributed by atoms with Gasteiger partial charge in [-0.1, -0.05) is 6.07 Å². The molecule has 10 nitrogen and oxygen atoms in total. The highest BCUT2D eigenvalue weighted by Gasteiger charge is 2.24. The summed E-state index contributed by atoms with van der Waals surface area (Å²) in [6.07, 6.45) is 0. The van der Waals surface area contributed by atoms with Crippen molar-refractivity contribution >= 4 is 28.9 Å². The summed E-state index contributed by atoms with van der Waals surface area (Å²) in [4.78, 5) is 43.3. The Bertz CT molecular complexity index is 864. The van der Waals surface area contributed by atoms with E-state index in [1.807, 2.05) is 0 Å². The van der Waals surface area contributed by atoms with Crippen LogP contribution in [0.25, 0.3) is 0 Å². The predicted octanol–water partition coefficient (Wildman–Crippen LogP) is 1.85. The molecule has 0 radical (unpaired) electrons. The van der Waals surface area contributed by atoms with E-state index in [-0.39, 0.29) is 16.8 Å². The normalized spacial score (nSPS) is 10.0. The Labute approximate surface area is 134 Å². The molecule has 0 bridgehead atoms. The van der Waals surface area contributed by atoms with Gasteiger partial charge in [-0.2, -0.15) is 0 Å². The van der Waals surface area contributed by atoms with Gasteiger partial charge >= 0.3 is 0 Å². The number of non-ortho nitro benzene ring substituents is 1. The molecule has 0 aliphatic carbocycles. The third-order valence-corrected chi connectivity index (χ3v) is 3.04. The van der Waals surface area contributed by atoms with Gasteiger partial charge in [-0.3, -0.25) is 29.8 Å². The van der Waals surface area contributed by atoms with Crippen LogP contribution in [0.1, 0.15) is 20.7 Å². The molecule has 0 aliphatic heterocycles. The standard InChI is InChI=1S/C14H10N4O6/c15-13(19)8-2-1-3-9(6-8)16-14(20)11-5-4-10(17(21)22)7-12(11)18(23)24/h1-7H,(H2,15,19)(H,16,20). The number of nitro groups is 2. The lowest BCUT2D eigenvalue weighted by Crippen LogP contribution is -2.15. The van der Waals surface area contributed by atoms with Crippen LogP contribution in [0.4, 0.5) is 17.1 Å². The largest absolute Gasteiger partial charge is 0.366 e. The molecular weight excluding hydrogens is 320 g/mol. The van der Waals surface area contributed by atoms with Crippen molar-refractivity contribution in [1.29, 1.82) is 0 Å². The van der Waals surface area contributed by atoms with Crippen LogP contribution in [0.2, 0.25) is 0 Å². The summed E-state index contributed by atoms with van der Waals surface area (Å²) in [7, 11) is 0. The van der Waals surface area contributed by atoms with Crippen molar-refractivity contribution in [1.82, 2.24) is 0 Å². The average Bonchev–Trinajstić information content (AvgIpc) is 2.54. The third kappa shape index (κ3) is 3.50. The lowest BCUT2D eigenvalue weighted by Gasteiger charge is -2.07. The summed E-state index contributed by atoms with van der Waals surface area (Å²) >= 11 is 0. The Balaban J connectivity index is 2.36. The molecule has 0 heterocycles. The summed E-state index contributed by atoms with van der Waals surface area (Å²) in [6.45, 7) is 0. The zero-order chi connectivity index (χ0) is 17.9. The summed E-state index contributed by atoms with van der Waals surface area (Å²) < 4.78 is 0. The third-order valence-electron chi connectivity index (χ3n) is 3.04. The number of hydrogen-bond donors (Lipinski definition) is 2. The van der Waals surface area contributed by atoms with Crippen LogP contribution in [-0.2, 0) is 0 Å². The molecule has 2 aromatic rings. The van der Waals surface area contributed by atoms with Gasteiger partial charge in [-0.15, -0.1) is 0 Å². The summed E-state index contributed by atoms with van der Waals surface area (Å²) in [5.41, 5.74) is 3.91. The SMILES string of the molecule is NC(=O)c1cccc(NC(=O)c2ccc([N+](=O)[O-])cc2[N+](=O)[O-])c1. The number of anilines is 1. The fourth-order valence-electron chi connectivity index (χ4n) is 1.93. The topological polar surface area (TPSA) is 158 Å². The van der Waals surface area contributed by atoms with Gasteiger partial charge in [0, 0.05) is 17.3 Å². The maximum absolute atomic E-state index is 12.2. The Morgan fingerprint density at radius 3 is 2.29 bits per heavy atom. The number of nitro benzene ring substituents is 2. The molecular formula is C14H10N4O6. The highest BCUT2D eigenvalue weighted by molar-refractivity contribution is 6.07. The van der Waals surface area contributed by atoms with Crippen molar-refractivity contribution in [2.45, 2.75) is 0 Å². The number of carbonyl (C=O) groups excluding carboxylic acids is 2. The zero-order valence-electron chi connectivity index (χ0n) is 12.0. The molecule has 10 heteroatoms. The molecule has 0 unspecified atom stereocenters. The molecule has 0 atom stereocenters. The van der Waals surface area contributed by atoms with E-state index in [0.717, 1.165) is 12.1 Å². The summed E-state index contributed by atoms with van der Waals surface area (Å²) in [5, 5.41) is 24.1. The van der Waals surface area contributed by atoms with Crippen molar-refractivity contribution in [2.75, 3.05) is 5.32 Å². The molecule has 0 saturated carbocycles. The van der Waals surface area contributed by atoms with Gasteiger partial charge in [-0.25, -0.2) is 0 Å². The van der Waals surface area contributed by atoms with Crippen molar-refractivity contribution in [3.05, 3.63) is 73.8 Å². The van der Waals surface area contributed by atoms with E-state index in [4.69, 9.17) is 5.73 Å². The van der Waals surface area contributed by atoms with Crippen LogP contribution in [0, 0.1) is 20.2 Å². The monoisotopic (exact) mass is 330 g/mol. The number of benzene rings is 2. The minimum absolute atomic E-state index is 0.144. The fourth-order valence-corrected chi connectivity index (χ4v) is 1.93. The smallest absolute Gasteiger partial charge is 0.289 e.